The molecule has 0 atom stereocenters. The summed E-state index contributed by atoms with van der Waals surface area (Å²) in [6.45, 7) is 4.76. The van der Waals surface area contributed by atoms with Crippen LogP contribution < -0.4 is 10.5 Å². The molecule has 0 fully saturated rings. The Morgan fingerprint density at radius 3 is 2.45 bits per heavy atom. The maximum absolute atomic E-state index is 5.96. The highest BCUT2D eigenvalue weighted by molar-refractivity contribution is 5.41. The van der Waals surface area contributed by atoms with Crippen LogP contribution in [-0.2, 0) is 13.0 Å². The molecule has 0 heterocycles. The van der Waals surface area contributed by atoms with Gasteiger partial charge in [0.05, 0.1) is 0 Å². The molecular formula is C18H23NO. The van der Waals surface area contributed by atoms with Crippen molar-refractivity contribution in [2.75, 3.05) is 0 Å². The fourth-order valence-corrected chi connectivity index (χ4v) is 2.16. The molecule has 106 valence electrons. The fraction of sp³-hybridized carbons (Fsp3) is 0.333. The van der Waals surface area contributed by atoms with E-state index in [4.69, 9.17) is 10.5 Å². The first kappa shape index (κ1) is 14.6. The lowest BCUT2D eigenvalue weighted by molar-refractivity contribution is 0.475. The Labute approximate surface area is 121 Å². The molecule has 2 aromatic rings. The molecule has 0 aliphatic heterocycles. The zero-order valence-electron chi connectivity index (χ0n) is 12.4. The van der Waals surface area contributed by atoms with Gasteiger partial charge in [0.25, 0.3) is 0 Å². The summed E-state index contributed by atoms with van der Waals surface area (Å²) in [5, 5.41) is 0. The van der Waals surface area contributed by atoms with Gasteiger partial charge in [-0.3, -0.25) is 0 Å². The fourth-order valence-electron chi connectivity index (χ4n) is 2.16. The van der Waals surface area contributed by atoms with Crippen molar-refractivity contribution in [3.8, 4) is 11.5 Å². The third-order valence-electron chi connectivity index (χ3n) is 3.41. The number of hydrogen-bond acceptors (Lipinski definition) is 2. The lowest BCUT2D eigenvalue weighted by Crippen LogP contribution is -1.99. The third-order valence-corrected chi connectivity index (χ3v) is 3.41. The van der Waals surface area contributed by atoms with E-state index in [1.807, 2.05) is 24.3 Å². The molecule has 0 aromatic heterocycles. The van der Waals surface area contributed by atoms with Crippen molar-refractivity contribution in [2.45, 2.75) is 39.7 Å². The van der Waals surface area contributed by atoms with Crippen LogP contribution in [0.15, 0.2) is 42.5 Å². The normalized spacial score (nSPS) is 10.6. The van der Waals surface area contributed by atoms with Crippen LogP contribution >= 0.6 is 0 Å². The monoisotopic (exact) mass is 269 g/mol. The predicted octanol–water partition coefficient (Wildman–Crippen LogP) is 4.59. The smallest absolute Gasteiger partial charge is 0.132 e. The summed E-state index contributed by atoms with van der Waals surface area (Å²) >= 11 is 0. The zero-order valence-corrected chi connectivity index (χ0v) is 12.4. The Bertz CT molecular complexity index is 546. The molecule has 2 heteroatoms. The number of aryl methyl sites for hydroxylation is 2. The maximum atomic E-state index is 5.96. The predicted molar refractivity (Wildman–Crippen MR) is 84.2 cm³/mol. The van der Waals surface area contributed by atoms with Crippen molar-refractivity contribution in [3.05, 3.63) is 59.2 Å². The van der Waals surface area contributed by atoms with Crippen LogP contribution in [-0.4, -0.2) is 0 Å². The second-order valence-corrected chi connectivity index (χ2v) is 5.16. The van der Waals surface area contributed by atoms with Crippen LogP contribution in [0.2, 0.25) is 0 Å². The van der Waals surface area contributed by atoms with Gasteiger partial charge in [-0.15, -0.1) is 0 Å². The van der Waals surface area contributed by atoms with E-state index in [1.54, 1.807) is 0 Å². The minimum absolute atomic E-state index is 0.490. The average molecular weight is 269 g/mol. The minimum atomic E-state index is 0.490. The molecule has 2 aromatic carbocycles. The van der Waals surface area contributed by atoms with Crippen LogP contribution in [0.5, 0.6) is 11.5 Å². The van der Waals surface area contributed by atoms with Gasteiger partial charge in [0.2, 0.25) is 0 Å². The van der Waals surface area contributed by atoms with Gasteiger partial charge in [-0.1, -0.05) is 37.6 Å². The summed E-state index contributed by atoms with van der Waals surface area (Å²) in [6, 6.07) is 14.5. The first-order valence-corrected chi connectivity index (χ1v) is 7.29. The molecule has 0 bridgehead atoms. The van der Waals surface area contributed by atoms with Gasteiger partial charge in [-0.05, 0) is 49.1 Å². The van der Waals surface area contributed by atoms with Gasteiger partial charge in [-0.2, -0.15) is 0 Å². The molecule has 0 unspecified atom stereocenters. The van der Waals surface area contributed by atoms with Crippen molar-refractivity contribution < 1.29 is 4.74 Å². The van der Waals surface area contributed by atoms with Gasteiger partial charge < -0.3 is 10.5 Å². The molecule has 0 aliphatic rings. The summed E-state index contributed by atoms with van der Waals surface area (Å²) in [4.78, 5) is 0. The Kier molecular flexibility index (Phi) is 5.19. The molecule has 2 nitrogen and oxygen atoms in total. The highest BCUT2D eigenvalue weighted by Crippen LogP contribution is 2.26. The van der Waals surface area contributed by atoms with Gasteiger partial charge >= 0.3 is 0 Å². The van der Waals surface area contributed by atoms with Crippen molar-refractivity contribution >= 4 is 0 Å². The molecule has 20 heavy (non-hydrogen) atoms. The molecule has 0 radical (unpaired) electrons. The molecular weight excluding hydrogens is 246 g/mol. The zero-order chi connectivity index (χ0) is 14.4. The lowest BCUT2D eigenvalue weighted by Gasteiger charge is -2.11. The lowest BCUT2D eigenvalue weighted by atomic mass is 10.1. The Balaban J connectivity index is 2.11. The third kappa shape index (κ3) is 3.84. The average Bonchev–Trinajstić information content (AvgIpc) is 2.47. The highest BCUT2D eigenvalue weighted by Gasteiger charge is 2.04. The van der Waals surface area contributed by atoms with Crippen LogP contribution in [0.4, 0.5) is 0 Å². The van der Waals surface area contributed by atoms with Gasteiger partial charge in [0.1, 0.15) is 11.5 Å². The molecule has 0 saturated heterocycles. The van der Waals surface area contributed by atoms with Crippen molar-refractivity contribution in [1.82, 2.24) is 0 Å². The number of unbranched alkanes of at least 4 members (excludes halogenated alkanes) is 1. The topological polar surface area (TPSA) is 35.2 Å². The van der Waals surface area contributed by atoms with Crippen molar-refractivity contribution in [1.29, 1.82) is 0 Å². The molecule has 0 aliphatic carbocycles. The summed E-state index contributed by atoms with van der Waals surface area (Å²) in [6.07, 6.45) is 3.59. The number of hydrogen-bond donors (Lipinski definition) is 1. The summed E-state index contributed by atoms with van der Waals surface area (Å²) < 4.78 is 5.96. The summed E-state index contributed by atoms with van der Waals surface area (Å²) in [5.41, 5.74) is 9.33. The maximum Gasteiger partial charge on any atom is 0.132 e. The number of benzene rings is 2. The van der Waals surface area contributed by atoms with Crippen molar-refractivity contribution in [3.63, 3.8) is 0 Å². The van der Waals surface area contributed by atoms with Crippen LogP contribution in [0, 0.1) is 6.92 Å². The van der Waals surface area contributed by atoms with E-state index in [0.717, 1.165) is 23.5 Å². The van der Waals surface area contributed by atoms with Crippen LogP contribution in [0.1, 0.15) is 36.5 Å². The number of rotatable bonds is 6. The standard InChI is InChI=1S/C18H23NO/c1-3-4-5-15-7-10-17(11-8-15)20-18-12-14(2)6-9-16(18)13-19/h6-12H,3-5,13,19H2,1-2H3. The number of ether oxygens (including phenoxy) is 1. The molecule has 0 spiro atoms. The van der Waals surface area contributed by atoms with Crippen LogP contribution in [0.25, 0.3) is 0 Å². The first-order chi connectivity index (χ1) is 9.72. The second kappa shape index (κ2) is 7.11. The highest BCUT2D eigenvalue weighted by atomic mass is 16.5. The van der Waals surface area contributed by atoms with Crippen molar-refractivity contribution in [2.24, 2.45) is 5.73 Å². The molecule has 0 saturated carbocycles. The van der Waals surface area contributed by atoms with E-state index >= 15 is 0 Å². The van der Waals surface area contributed by atoms with E-state index in [0.29, 0.717) is 6.54 Å². The quantitative estimate of drug-likeness (QED) is 0.832. The minimum Gasteiger partial charge on any atom is -0.457 e. The largest absolute Gasteiger partial charge is 0.457 e. The van der Waals surface area contributed by atoms with Crippen LogP contribution in [0.3, 0.4) is 0 Å². The number of nitrogens with two attached hydrogens (primary N) is 1. The Morgan fingerprint density at radius 2 is 1.80 bits per heavy atom. The SMILES string of the molecule is CCCCc1ccc(Oc2cc(C)ccc2CN)cc1. The Morgan fingerprint density at radius 1 is 1.05 bits per heavy atom. The van der Waals surface area contributed by atoms with E-state index in [-0.39, 0.29) is 0 Å². The Hall–Kier alpha value is -1.80. The van der Waals surface area contributed by atoms with Gasteiger partial charge in [0.15, 0.2) is 0 Å². The van der Waals surface area contributed by atoms with E-state index in [2.05, 4.69) is 32.0 Å². The second-order valence-electron chi connectivity index (χ2n) is 5.16. The summed E-state index contributed by atoms with van der Waals surface area (Å²) in [7, 11) is 0. The van der Waals surface area contributed by atoms with Gasteiger partial charge in [0, 0.05) is 12.1 Å². The first-order valence-electron chi connectivity index (χ1n) is 7.29. The van der Waals surface area contributed by atoms with E-state index in [9.17, 15) is 0 Å². The van der Waals surface area contributed by atoms with E-state index < -0.39 is 0 Å². The molecule has 2 N–H and O–H groups in total. The van der Waals surface area contributed by atoms with Gasteiger partial charge in [-0.25, -0.2) is 0 Å². The summed E-state index contributed by atoms with van der Waals surface area (Å²) in [5.74, 6) is 1.72. The van der Waals surface area contributed by atoms with E-state index in [1.165, 1.54) is 24.0 Å². The molecule has 0 amide bonds. The molecule has 2 rings (SSSR count).